The molecule has 1 fully saturated rings. The van der Waals surface area contributed by atoms with Crippen LogP contribution in [0.3, 0.4) is 0 Å². The van der Waals surface area contributed by atoms with Gasteiger partial charge in [0.2, 0.25) is 0 Å². The van der Waals surface area contributed by atoms with E-state index < -0.39 is 11.9 Å². The summed E-state index contributed by atoms with van der Waals surface area (Å²) in [5.41, 5.74) is 0.618. The summed E-state index contributed by atoms with van der Waals surface area (Å²) in [5.74, 6) is 1.38. The highest BCUT2D eigenvalue weighted by atomic mass is 32.1. The molecule has 0 spiro atoms. The zero-order valence-electron chi connectivity index (χ0n) is 16.7. The normalized spacial score (nSPS) is 15.1. The van der Waals surface area contributed by atoms with E-state index in [1.165, 1.54) is 6.07 Å². The quantitative estimate of drug-likeness (QED) is 0.609. The number of amides is 1. The molecule has 0 aromatic carbocycles. The van der Waals surface area contributed by atoms with Gasteiger partial charge in [0.25, 0.3) is 5.91 Å². The van der Waals surface area contributed by atoms with Crippen LogP contribution < -0.4 is 4.90 Å². The van der Waals surface area contributed by atoms with Gasteiger partial charge in [0.1, 0.15) is 22.2 Å². The second-order valence-corrected chi connectivity index (χ2v) is 8.30. The van der Waals surface area contributed by atoms with E-state index in [0.717, 1.165) is 28.9 Å². The molecular weight excluding hydrogens is 415 g/mol. The molecule has 10 heteroatoms. The number of carbonyl (C=O) groups excluding carboxylic acids is 1. The second kappa shape index (κ2) is 7.50. The van der Waals surface area contributed by atoms with Gasteiger partial charge >= 0.3 is 6.18 Å². The van der Waals surface area contributed by atoms with Crippen LogP contribution in [0, 0.1) is 20.8 Å². The number of halogens is 3. The van der Waals surface area contributed by atoms with Crippen LogP contribution in [0.25, 0.3) is 10.2 Å². The molecule has 1 aliphatic heterocycles. The number of piperazine rings is 1. The average molecular weight is 435 g/mol. The van der Waals surface area contributed by atoms with Crippen molar-refractivity contribution in [1.82, 2.24) is 19.9 Å². The third kappa shape index (κ3) is 3.83. The van der Waals surface area contributed by atoms with Crippen LogP contribution in [-0.2, 0) is 6.18 Å². The molecule has 4 heterocycles. The first kappa shape index (κ1) is 20.5. The molecule has 0 radical (unpaired) electrons. The number of nitrogens with zero attached hydrogens (tertiary/aromatic N) is 5. The average Bonchev–Trinajstić information content (AvgIpc) is 3.02. The predicted molar refractivity (Wildman–Crippen MR) is 109 cm³/mol. The van der Waals surface area contributed by atoms with E-state index >= 15 is 0 Å². The van der Waals surface area contributed by atoms with Crippen LogP contribution in [0.15, 0.2) is 18.2 Å². The summed E-state index contributed by atoms with van der Waals surface area (Å²) < 4.78 is 38.9. The summed E-state index contributed by atoms with van der Waals surface area (Å²) in [7, 11) is 0. The van der Waals surface area contributed by atoms with Gasteiger partial charge < -0.3 is 9.80 Å². The number of fused-ring (bicyclic) bond motifs is 1. The van der Waals surface area contributed by atoms with Crippen molar-refractivity contribution < 1.29 is 18.0 Å². The van der Waals surface area contributed by atoms with E-state index in [9.17, 15) is 18.0 Å². The lowest BCUT2D eigenvalue weighted by Crippen LogP contribution is -2.49. The van der Waals surface area contributed by atoms with Gasteiger partial charge in [0, 0.05) is 43.3 Å². The van der Waals surface area contributed by atoms with Gasteiger partial charge in [-0.15, -0.1) is 11.3 Å². The predicted octanol–water partition coefficient (Wildman–Crippen LogP) is 3.99. The fourth-order valence-electron chi connectivity index (χ4n) is 3.60. The first-order chi connectivity index (χ1) is 14.1. The highest BCUT2D eigenvalue weighted by Crippen LogP contribution is 2.35. The molecule has 1 amide bonds. The lowest BCUT2D eigenvalue weighted by molar-refractivity contribution is -0.140. The Bertz CT molecular complexity index is 1100. The first-order valence-electron chi connectivity index (χ1n) is 9.47. The molecule has 4 rings (SSSR count). The highest BCUT2D eigenvalue weighted by Gasteiger charge is 2.33. The Morgan fingerprint density at radius 3 is 2.37 bits per heavy atom. The molecule has 6 nitrogen and oxygen atoms in total. The van der Waals surface area contributed by atoms with Gasteiger partial charge in [0.05, 0.1) is 4.88 Å². The highest BCUT2D eigenvalue weighted by molar-refractivity contribution is 7.20. The van der Waals surface area contributed by atoms with Crippen LogP contribution in [0.5, 0.6) is 0 Å². The number of carbonyl (C=O) groups is 1. The lowest BCUT2D eigenvalue weighted by atomic mass is 10.1. The number of aryl methyl sites for hydroxylation is 3. The molecule has 1 aliphatic rings. The summed E-state index contributed by atoms with van der Waals surface area (Å²) in [4.78, 5) is 30.1. The van der Waals surface area contributed by atoms with Crippen molar-refractivity contribution >= 4 is 33.3 Å². The number of aromatic nitrogens is 3. The standard InChI is InChI=1S/C20H20F3N5OS/c1-11-10-16(25-13(3)24-11)27-6-8-28(9-7-27)19(29)17-12(2)14-4-5-15(20(21,22)23)26-18(14)30-17/h4-5,10H,6-9H2,1-3H3. The summed E-state index contributed by atoms with van der Waals surface area (Å²) in [6.45, 7) is 7.79. The maximum Gasteiger partial charge on any atom is 0.433 e. The minimum absolute atomic E-state index is 0.168. The maximum atomic E-state index is 13.1. The third-order valence-corrected chi connectivity index (χ3v) is 6.32. The van der Waals surface area contributed by atoms with Crippen LogP contribution >= 0.6 is 11.3 Å². The number of anilines is 1. The Morgan fingerprint density at radius 2 is 1.73 bits per heavy atom. The molecule has 0 unspecified atom stereocenters. The topological polar surface area (TPSA) is 62.2 Å². The summed E-state index contributed by atoms with van der Waals surface area (Å²) in [5, 5.41) is 0.585. The Labute approximate surface area is 175 Å². The van der Waals surface area contributed by atoms with Crippen LogP contribution in [0.1, 0.15) is 32.4 Å². The first-order valence-corrected chi connectivity index (χ1v) is 10.3. The van der Waals surface area contributed by atoms with Crippen LogP contribution in [-0.4, -0.2) is 51.9 Å². The smallest absolute Gasteiger partial charge is 0.353 e. The molecule has 3 aromatic rings. The van der Waals surface area contributed by atoms with E-state index in [1.54, 1.807) is 11.8 Å². The SMILES string of the molecule is Cc1cc(N2CCN(C(=O)c3sc4nc(C(F)(F)F)ccc4c3C)CC2)nc(C)n1. The van der Waals surface area contributed by atoms with Crippen molar-refractivity contribution in [2.45, 2.75) is 26.9 Å². The molecule has 1 saturated heterocycles. The fourth-order valence-corrected chi connectivity index (χ4v) is 4.75. The summed E-state index contributed by atoms with van der Waals surface area (Å²) >= 11 is 1.02. The van der Waals surface area contributed by atoms with Gasteiger partial charge in [0.15, 0.2) is 0 Å². The van der Waals surface area contributed by atoms with Gasteiger partial charge in [-0.25, -0.2) is 15.0 Å². The van der Waals surface area contributed by atoms with Gasteiger partial charge in [-0.05, 0) is 38.5 Å². The van der Waals surface area contributed by atoms with Crippen molar-refractivity contribution in [3.8, 4) is 0 Å². The maximum absolute atomic E-state index is 13.1. The molecular formula is C20H20F3N5OS. The Hall–Kier alpha value is -2.75. The number of hydrogen-bond donors (Lipinski definition) is 0. The van der Waals surface area contributed by atoms with E-state index in [1.807, 2.05) is 19.9 Å². The number of thiophene rings is 1. The Kier molecular flexibility index (Phi) is 5.13. The molecule has 158 valence electrons. The molecule has 3 aromatic heterocycles. The van der Waals surface area contributed by atoms with Crippen LogP contribution in [0.4, 0.5) is 19.0 Å². The largest absolute Gasteiger partial charge is 0.433 e. The van der Waals surface area contributed by atoms with E-state index in [-0.39, 0.29) is 10.7 Å². The summed E-state index contributed by atoms with van der Waals surface area (Å²) in [6, 6.07) is 4.27. The number of pyridine rings is 1. The van der Waals surface area contributed by atoms with Crippen molar-refractivity contribution in [2.24, 2.45) is 0 Å². The monoisotopic (exact) mass is 435 g/mol. The van der Waals surface area contributed by atoms with Gasteiger partial charge in [-0.3, -0.25) is 4.79 Å². The Morgan fingerprint density at radius 1 is 1.03 bits per heavy atom. The number of rotatable bonds is 2. The minimum Gasteiger partial charge on any atom is -0.353 e. The fraction of sp³-hybridized carbons (Fsp3) is 0.400. The van der Waals surface area contributed by atoms with Crippen molar-refractivity contribution in [3.05, 3.63) is 45.9 Å². The third-order valence-electron chi connectivity index (χ3n) is 5.13. The molecule has 0 bridgehead atoms. The Balaban J connectivity index is 1.52. The van der Waals surface area contributed by atoms with E-state index in [2.05, 4.69) is 19.9 Å². The van der Waals surface area contributed by atoms with Gasteiger partial charge in [-0.2, -0.15) is 13.2 Å². The molecule has 0 atom stereocenters. The zero-order valence-corrected chi connectivity index (χ0v) is 17.6. The molecule has 0 saturated carbocycles. The van der Waals surface area contributed by atoms with E-state index in [4.69, 9.17) is 0 Å². The zero-order chi connectivity index (χ0) is 21.6. The van der Waals surface area contributed by atoms with Gasteiger partial charge in [-0.1, -0.05) is 0 Å². The number of hydrogen-bond acceptors (Lipinski definition) is 6. The molecule has 0 aliphatic carbocycles. The van der Waals surface area contributed by atoms with Crippen molar-refractivity contribution in [1.29, 1.82) is 0 Å². The van der Waals surface area contributed by atoms with Crippen molar-refractivity contribution in [3.63, 3.8) is 0 Å². The molecule has 30 heavy (non-hydrogen) atoms. The van der Waals surface area contributed by atoms with Crippen molar-refractivity contribution in [2.75, 3.05) is 31.1 Å². The van der Waals surface area contributed by atoms with E-state index in [0.29, 0.717) is 47.8 Å². The lowest BCUT2D eigenvalue weighted by Gasteiger charge is -2.35. The number of alkyl halides is 3. The summed E-state index contributed by atoms with van der Waals surface area (Å²) in [6.07, 6.45) is -4.51. The van der Waals surface area contributed by atoms with Crippen LogP contribution in [0.2, 0.25) is 0 Å². The second-order valence-electron chi connectivity index (χ2n) is 7.30. The molecule has 0 N–H and O–H groups in total. The minimum atomic E-state index is -4.51.